The Hall–Kier alpha value is 1.52. The van der Waals surface area contributed by atoms with Gasteiger partial charge in [0.15, 0.2) is 0 Å². The fraction of sp³-hybridized carbons (Fsp3) is 0. The molecule has 0 aromatic rings. The van der Waals surface area contributed by atoms with Crippen LogP contribution in [0.4, 0.5) is 0 Å². The standard InChI is InChI=1S/Ce.H2O.2O.V/h;1H2;;;/q;;;;+1/p-1. The van der Waals surface area contributed by atoms with Crippen LogP contribution >= 0.6 is 0 Å². The van der Waals surface area contributed by atoms with E-state index in [4.69, 9.17) is 11.4 Å². The van der Waals surface area contributed by atoms with E-state index in [-0.39, 0.29) is 41.7 Å². The molecule has 5 heavy (non-hydrogen) atoms. The van der Waals surface area contributed by atoms with Gasteiger partial charge in [-0.25, -0.2) is 0 Å². The van der Waals surface area contributed by atoms with Gasteiger partial charge in [0, 0.05) is 41.7 Å². The molecule has 3 nitrogen and oxygen atoms in total. The molecule has 0 unspecified atom stereocenters. The minimum atomic E-state index is -3.69. The monoisotopic (exact) mass is 240 g/mol. The average Bonchev–Trinajstić information content (AvgIpc) is 0.811. The van der Waals surface area contributed by atoms with Crippen molar-refractivity contribution >= 4 is 0 Å². The Bertz CT molecular complexity index is 55.3. The molecule has 28 valence electrons. The molecule has 0 saturated heterocycles. The van der Waals surface area contributed by atoms with Gasteiger partial charge in [0.25, 0.3) is 0 Å². The Balaban J connectivity index is 0. The molecule has 0 aliphatic heterocycles. The normalized spacial score (nSPS) is 5.00. The van der Waals surface area contributed by atoms with E-state index in [1.54, 1.807) is 0 Å². The van der Waals surface area contributed by atoms with Crippen LogP contribution in [0.1, 0.15) is 0 Å². The molecule has 5 heteroatoms. The predicted octanol–water partition coefficient (Wildman–Crippen LogP) is -0.797. The van der Waals surface area contributed by atoms with E-state index in [1.165, 1.54) is 0 Å². The topological polar surface area (TPSA) is 54.4 Å². The van der Waals surface area contributed by atoms with Crippen LogP contribution < -0.4 is 0 Å². The SMILES string of the molecule is [Ce].[O]=[V](=[O])[OH]. The van der Waals surface area contributed by atoms with Crippen molar-refractivity contribution < 1.29 is 68.5 Å². The van der Waals surface area contributed by atoms with E-state index in [0.29, 0.717) is 0 Å². The maximum absolute atomic E-state index is 8.67. The third-order valence-electron chi connectivity index (χ3n) is 0. The van der Waals surface area contributed by atoms with Crippen LogP contribution in [-0.2, 0) is 22.7 Å². The van der Waals surface area contributed by atoms with Crippen LogP contribution in [0.3, 0.4) is 0 Å². The van der Waals surface area contributed by atoms with Crippen molar-refractivity contribution in [1.29, 1.82) is 0 Å². The first-order chi connectivity index (χ1) is 1.73. The van der Waals surface area contributed by atoms with Gasteiger partial charge in [-0.05, 0) is 0 Å². The van der Waals surface area contributed by atoms with Crippen molar-refractivity contribution in [2.45, 2.75) is 0 Å². The first-order valence-corrected chi connectivity index (χ1v) is 2.33. The second kappa shape index (κ2) is 5.52. The van der Waals surface area contributed by atoms with Crippen LogP contribution in [0.5, 0.6) is 0 Å². The molecule has 0 saturated carbocycles. The van der Waals surface area contributed by atoms with E-state index >= 15 is 0 Å². The van der Waals surface area contributed by atoms with Gasteiger partial charge in [0.1, 0.15) is 0 Å². The summed E-state index contributed by atoms with van der Waals surface area (Å²) in [4.78, 5) is 0. The summed E-state index contributed by atoms with van der Waals surface area (Å²) in [7, 11) is 0. The van der Waals surface area contributed by atoms with E-state index in [1.807, 2.05) is 0 Å². The second-order valence-electron chi connectivity index (χ2n) is 0.238. The van der Waals surface area contributed by atoms with E-state index in [0.717, 1.165) is 0 Å². The van der Waals surface area contributed by atoms with Crippen molar-refractivity contribution in [1.82, 2.24) is 0 Å². The van der Waals surface area contributed by atoms with Crippen molar-refractivity contribution in [3.05, 3.63) is 0 Å². The summed E-state index contributed by atoms with van der Waals surface area (Å²) >= 11 is -3.69. The molecule has 0 rings (SSSR count). The zero-order valence-corrected chi connectivity index (χ0v) is 6.75. The van der Waals surface area contributed by atoms with Crippen molar-refractivity contribution in [2.24, 2.45) is 0 Å². The van der Waals surface area contributed by atoms with E-state index in [9.17, 15) is 0 Å². The van der Waals surface area contributed by atoms with Gasteiger partial charge < -0.3 is 0 Å². The summed E-state index contributed by atoms with van der Waals surface area (Å²) in [5.41, 5.74) is 0. The fourth-order valence-electron chi connectivity index (χ4n) is 0. The van der Waals surface area contributed by atoms with Gasteiger partial charge >= 0.3 is 26.8 Å². The van der Waals surface area contributed by atoms with E-state index < -0.39 is 15.4 Å². The summed E-state index contributed by atoms with van der Waals surface area (Å²) in [5.74, 6) is 0. The molecule has 0 aromatic carbocycles. The summed E-state index contributed by atoms with van der Waals surface area (Å²) in [6, 6.07) is 0. The minimum absolute atomic E-state index is 0. The van der Waals surface area contributed by atoms with Crippen molar-refractivity contribution in [3.8, 4) is 0 Å². The third-order valence-corrected chi connectivity index (χ3v) is 0. The molecular weight excluding hydrogens is 239 g/mol. The van der Waals surface area contributed by atoms with Crippen molar-refractivity contribution in [2.75, 3.05) is 0 Å². The zero-order valence-electron chi connectivity index (χ0n) is 2.21. The molecule has 0 heterocycles. The molecule has 0 amide bonds. The molecule has 0 spiro atoms. The maximum atomic E-state index is 8.67. The summed E-state index contributed by atoms with van der Waals surface area (Å²) < 4.78 is 24.4. The molecule has 0 aliphatic rings. The predicted molar refractivity (Wildman–Crippen MR) is 3.59 cm³/mol. The number of hydrogen-bond donors (Lipinski definition) is 1. The van der Waals surface area contributed by atoms with Gasteiger partial charge in [-0.1, -0.05) is 0 Å². The molecule has 1 N–H and O–H groups in total. The quantitative estimate of drug-likeness (QED) is 0.603. The number of rotatable bonds is 0. The first-order valence-electron chi connectivity index (χ1n) is 0.565. The Morgan fingerprint density at radius 1 is 1.40 bits per heavy atom. The van der Waals surface area contributed by atoms with E-state index in [2.05, 4.69) is 0 Å². The van der Waals surface area contributed by atoms with Gasteiger partial charge in [-0.15, -0.1) is 0 Å². The van der Waals surface area contributed by atoms with Gasteiger partial charge in [0.05, 0.1) is 0 Å². The van der Waals surface area contributed by atoms with Crippen LogP contribution in [-0.4, -0.2) is 4.03 Å². The Labute approximate surface area is 67.5 Å². The Kier molecular flexibility index (Phi) is 10.7. The first kappa shape index (κ1) is 9.72. The molecule has 0 radical (unpaired) electrons. The zero-order chi connectivity index (χ0) is 3.58. The fourth-order valence-corrected chi connectivity index (χ4v) is 0. The molecule has 0 bridgehead atoms. The molecular formula is HCeO3V. The van der Waals surface area contributed by atoms with Crippen LogP contribution in [0, 0.1) is 41.7 Å². The molecule has 0 aliphatic carbocycles. The third kappa shape index (κ3) is 29.6. The molecule has 0 fully saturated rings. The van der Waals surface area contributed by atoms with Crippen molar-refractivity contribution in [3.63, 3.8) is 0 Å². The number of hydrogen-bond acceptors (Lipinski definition) is 2. The molecule has 0 atom stereocenters. The van der Waals surface area contributed by atoms with Gasteiger partial charge in [-0.2, -0.15) is 0 Å². The Morgan fingerprint density at radius 3 is 1.40 bits per heavy atom. The van der Waals surface area contributed by atoms with Crippen LogP contribution in [0.2, 0.25) is 0 Å². The second-order valence-corrected chi connectivity index (χ2v) is 0.981. The average molecular weight is 240 g/mol. The van der Waals surface area contributed by atoms with Gasteiger partial charge in [0.2, 0.25) is 0 Å². The van der Waals surface area contributed by atoms with Gasteiger partial charge in [-0.3, -0.25) is 0 Å². The molecule has 0 aromatic heterocycles. The Morgan fingerprint density at radius 2 is 1.40 bits per heavy atom. The summed E-state index contributed by atoms with van der Waals surface area (Å²) in [6.45, 7) is 0. The summed E-state index contributed by atoms with van der Waals surface area (Å²) in [6.07, 6.45) is 0. The van der Waals surface area contributed by atoms with Crippen LogP contribution in [0.15, 0.2) is 0 Å². The van der Waals surface area contributed by atoms with Crippen LogP contribution in [0.25, 0.3) is 0 Å². The summed E-state index contributed by atoms with van der Waals surface area (Å²) in [5, 5.41) is 0.